The van der Waals surface area contributed by atoms with Gasteiger partial charge in [-0.1, -0.05) is 6.07 Å². The Morgan fingerprint density at radius 3 is 2.45 bits per heavy atom. The van der Waals surface area contributed by atoms with E-state index >= 15 is 0 Å². The van der Waals surface area contributed by atoms with E-state index in [0.717, 1.165) is 23.7 Å². The minimum atomic E-state index is -4.70. The van der Waals surface area contributed by atoms with Crippen molar-refractivity contribution in [1.29, 1.82) is 0 Å². The number of nitrogens with zero attached hydrogens (tertiary/aromatic N) is 3. The lowest BCUT2D eigenvalue weighted by atomic mass is 9.96. The number of Topliss-reactive ketones (excluding diaryl/α,β-unsaturated/α-hetero) is 1. The first-order valence-electron chi connectivity index (χ1n) is 10.9. The topological polar surface area (TPSA) is 125 Å². The van der Waals surface area contributed by atoms with Crippen LogP contribution in [0.3, 0.4) is 0 Å². The molecular weight excluding hydrogens is 530 g/mol. The minimum Gasteiger partial charge on any atom is -0.477 e. The first kappa shape index (κ1) is 28.2. The zero-order valence-electron chi connectivity index (χ0n) is 20.2. The van der Waals surface area contributed by atoms with Crippen molar-refractivity contribution < 1.29 is 37.1 Å². The number of anilines is 1. The van der Waals surface area contributed by atoms with Crippen LogP contribution in [0, 0.1) is 5.82 Å². The Labute approximate surface area is 217 Å². The Kier molecular flexibility index (Phi) is 8.46. The van der Waals surface area contributed by atoms with Crippen molar-refractivity contribution in [3.63, 3.8) is 0 Å². The Morgan fingerprint density at radius 2 is 1.87 bits per heavy atom. The molecule has 2 aromatic heterocycles. The van der Waals surface area contributed by atoms with Crippen LogP contribution in [-0.4, -0.2) is 58.4 Å². The molecule has 0 radical (unpaired) electrons. The van der Waals surface area contributed by atoms with E-state index in [2.05, 4.69) is 20.6 Å². The number of urea groups is 1. The maximum atomic E-state index is 14.7. The summed E-state index contributed by atoms with van der Waals surface area (Å²) >= 11 is 0.685. The quantitative estimate of drug-likeness (QED) is 0.120. The number of aliphatic carboxylic acids is 1. The number of rotatable bonds is 8. The molecular formula is C24H21F4N5O4S. The third kappa shape index (κ3) is 6.51. The third-order valence-corrected chi connectivity index (χ3v) is 5.77. The van der Waals surface area contributed by atoms with Gasteiger partial charge in [0.15, 0.2) is 5.69 Å². The number of carboxylic acid groups (broad SMARTS) is 1. The van der Waals surface area contributed by atoms with Gasteiger partial charge in [-0.05, 0) is 30.7 Å². The third-order valence-electron chi connectivity index (χ3n) is 4.89. The second-order valence-corrected chi connectivity index (χ2v) is 8.83. The number of hydrogen-bond donors (Lipinski definition) is 3. The van der Waals surface area contributed by atoms with Gasteiger partial charge in [-0.15, -0.1) is 11.3 Å². The average Bonchev–Trinajstić information content (AvgIpc) is 3.33. The highest BCUT2D eigenvalue weighted by Crippen LogP contribution is 2.39. The SMILES string of the molecule is CCNC(=O)Nc1cc(-c2nc(C(F)(F)F)cs2)c(-c2ccc(F)c(C(=O)C(=CN(C)C)C(=O)O)c2)cn1. The van der Waals surface area contributed by atoms with E-state index in [-0.39, 0.29) is 27.5 Å². The lowest BCUT2D eigenvalue weighted by Crippen LogP contribution is -2.28. The molecule has 0 atom stereocenters. The molecule has 3 N–H and O–H groups in total. The molecule has 3 rings (SSSR count). The second kappa shape index (κ2) is 11.4. The normalized spacial score (nSPS) is 11.7. The number of amides is 2. The van der Waals surface area contributed by atoms with Crippen molar-refractivity contribution in [1.82, 2.24) is 20.2 Å². The maximum absolute atomic E-state index is 14.7. The number of thiazole rings is 1. The molecule has 2 amide bonds. The van der Waals surface area contributed by atoms with Gasteiger partial charge >= 0.3 is 18.2 Å². The summed E-state index contributed by atoms with van der Waals surface area (Å²) in [6, 6.07) is 3.98. The van der Waals surface area contributed by atoms with Gasteiger partial charge in [0.25, 0.3) is 0 Å². The first-order valence-corrected chi connectivity index (χ1v) is 11.7. The number of aromatic nitrogens is 2. The van der Waals surface area contributed by atoms with E-state index in [0.29, 0.717) is 17.9 Å². The second-order valence-electron chi connectivity index (χ2n) is 7.97. The number of carbonyl (C=O) groups is 3. The standard InChI is InChI=1S/C24H21F4N5O4S/c1-4-29-23(37)32-19-8-13(21-31-18(11-38-21)24(26,27)28)15(9-30-19)12-5-6-17(25)14(7-12)20(34)16(22(35)36)10-33(2)3/h5-11H,4H2,1-3H3,(H,35,36)(H2,29,30,32,37). The van der Waals surface area contributed by atoms with Crippen LogP contribution < -0.4 is 10.6 Å². The number of pyridine rings is 1. The summed E-state index contributed by atoms with van der Waals surface area (Å²) in [5.74, 6) is -3.68. The zero-order chi connectivity index (χ0) is 28.2. The molecule has 38 heavy (non-hydrogen) atoms. The van der Waals surface area contributed by atoms with E-state index in [4.69, 9.17) is 0 Å². The van der Waals surface area contributed by atoms with Crippen LogP contribution in [0.4, 0.5) is 28.2 Å². The smallest absolute Gasteiger partial charge is 0.434 e. The van der Waals surface area contributed by atoms with Crippen LogP contribution in [0.25, 0.3) is 21.7 Å². The van der Waals surface area contributed by atoms with Crippen LogP contribution >= 0.6 is 11.3 Å². The monoisotopic (exact) mass is 551 g/mol. The number of benzene rings is 1. The van der Waals surface area contributed by atoms with Crippen molar-refractivity contribution in [3.05, 3.63) is 64.7 Å². The van der Waals surface area contributed by atoms with Crippen LogP contribution in [-0.2, 0) is 11.0 Å². The Morgan fingerprint density at radius 1 is 1.16 bits per heavy atom. The molecule has 0 aliphatic carbocycles. The number of hydrogen-bond acceptors (Lipinski definition) is 7. The number of alkyl halides is 3. The van der Waals surface area contributed by atoms with Gasteiger partial charge in [-0.3, -0.25) is 10.1 Å². The Hall–Kier alpha value is -4.33. The number of halogens is 4. The molecule has 0 saturated carbocycles. The van der Waals surface area contributed by atoms with E-state index in [1.54, 1.807) is 6.92 Å². The van der Waals surface area contributed by atoms with Gasteiger partial charge in [0.2, 0.25) is 5.78 Å². The van der Waals surface area contributed by atoms with Crippen LogP contribution in [0.2, 0.25) is 0 Å². The Bertz CT molecular complexity index is 1420. The predicted molar refractivity (Wildman–Crippen MR) is 132 cm³/mol. The minimum absolute atomic E-state index is 0.000972. The van der Waals surface area contributed by atoms with Crippen molar-refractivity contribution in [2.24, 2.45) is 0 Å². The van der Waals surface area contributed by atoms with Crippen molar-refractivity contribution in [3.8, 4) is 21.7 Å². The molecule has 0 unspecified atom stereocenters. The summed E-state index contributed by atoms with van der Waals surface area (Å²) in [4.78, 5) is 45.6. The van der Waals surface area contributed by atoms with Gasteiger partial charge in [-0.2, -0.15) is 13.2 Å². The molecule has 1 aromatic carbocycles. The summed E-state index contributed by atoms with van der Waals surface area (Å²) in [5.41, 5.74) is -1.96. The molecule has 0 fully saturated rings. The fraction of sp³-hybridized carbons (Fsp3) is 0.208. The van der Waals surface area contributed by atoms with Gasteiger partial charge in [0, 0.05) is 49.5 Å². The number of carboxylic acids is 1. The molecule has 9 nitrogen and oxygen atoms in total. The highest BCUT2D eigenvalue weighted by Gasteiger charge is 2.34. The first-order chi connectivity index (χ1) is 17.8. The van der Waals surface area contributed by atoms with Crippen molar-refractivity contribution in [2.45, 2.75) is 13.1 Å². The molecule has 2 heterocycles. The average molecular weight is 552 g/mol. The van der Waals surface area contributed by atoms with Crippen molar-refractivity contribution in [2.75, 3.05) is 26.0 Å². The van der Waals surface area contributed by atoms with Crippen molar-refractivity contribution >= 4 is 34.9 Å². The van der Waals surface area contributed by atoms with Gasteiger partial charge in [0.1, 0.15) is 22.2 Å². The number of ketones is 1. The molecule has 0 saturated heterocycles. The fourth-order valence-electron chi connectivity index (χ4n) is 3.26. The summed E-state index contributed by atoms with van der Waals surface area (Å²) in [6.07, 6.45) is -2.45. The predicted octanol–water partition coefficient (Wildman–Crippen LogP) is 4.88. The van der Waals surface area contributed by atoms with E-state index < -0.39 is 46.6 Å². The largest absolute Gasteiger partial charge is 0.477 e. The molecule has 0 aliphatic rings. The van der Waals surface area contributed by atoms with Crippen LogP contribution in [0.15, 0.2) is 47.6 Å². The molecule has 0 spiro atoms. The van der Waals surface area contributed by atoms with E-state index in [1.165, 1.54) is 37.3 Å². The zero-order valence-corrected chi connectivity index (χ0v) is 21.0. The summed E-state index contributed by atoms with van der Waals surface area (Å²) in [7, 11) is 2.97. The van der Waals surface area contributed by atoms with Gasteiger partial charge in [-0.25, -0.2) is 23.9 Å². The maximum Gasteiger partial charge on any atom is 0.434 e. The highest BCUT2D eigenvalue weighted by molar-refractivity contribution is 7.13. The van der Waals surface area contributed by atoms with E-state index in [9.17, 15) is 37.1 Å². The van der Waals surface area contributed by atoms with Gasteiger partial charge < -0.3 is 15.3 Å². The Balaban J connectivity index is 2.17. The lowest BCUT2D eigenvalue weighted by Gasteiger charge is -2.13. The van der Waals surface area contributed by atoms with Gasteiger partial charge in [0.05, 0.1) is 5.56 Å². The number of carbonyl (C=O) groups excluding carboxylic acids is 2. The summed E-state index contributed by atoms with van der Waals surface area (Å²) < 4.78 is 54.3. The summed E-state index contributed by atoms with van der Waals surface area (Å²) in [6.45, 7) is 2.00. The van der Waals surface area contributed by atoms with Crippen LogP contribution in [0.5, 0.6) is 0 Å². The highest BCUT2D eigenvalue weighted by atomic mass is 32.1. The van der Waals surface area contributed by atoms with Crippen LogP contribution in [0.1, 0.15) is 23.0 Å². The molecule has 0 bridgehead atoms. The molecule has 3 aromatic rings. The lowest BCUT2D eigenvalue weighted by molar-refractivity contribution is -0.140. The molecule has 200 valence electrons. The number of nitrogens with one attached hydrogen (secondary N) is 2. The molecule has 0 aliphatic heterocycles. The van der Waals surface area contributed by atoms with E-state index in [1.807, 2.05) is 0 Å². The summed E-state index contributed by atoms with van der Waals surface area (Å²) in [5, 5.41) is 15.1. The fourth-order valence-corrected chi connectivity index (χ4v) is 4.12. The molecule has 14 heteroatoms.